The Balaban J connectivity index is 0. The van der Waals surface area contributed by atoms with Crippen LogP contribution in [0.25, 0.3) is 0 Å². The summed E-state index contributed by atoms with van der Waals surface area (Å²) in [6.45, 7) is 4.81. The van der Waals surface area contributed by atoms with E-state index in [-0.39, 0.29) is 13.2 Å². The predicted octanol–water partition coefficient (Wildman–Crippen LogP) is 2.91. The van der Waals surface area contributed by atoms with E-state index >= 15 is 0 Å². The molecule has 14 heavy (non-hydrogen) atoms. The molecule has 0 amide bonds. The molecule has 0 atom stereocenters. The number of rotatable bonds is 3. The summed E-state index contributed by atoms with van der Waals surface area (Å²) >= 11 is 13.8. The highest BCUT2D eigenvalue weighted by Crippen LogP contribution is 2.61. The van der Waals surface area contributed by atoms with Crippen LogP contribution in [0.4, 0.5) is 0 Å². The second-order valence-corrected chi connectivity index (χ2v) is 8.68. The van der Waals surface area contributed by atoms with Crippen LogP contribution in [0.15, 0.2) is 12.2 Å². The van der Waals surface area contributed by atoms with Crippen LogP contribution in [-0.2, 0) is 14.1 Å². The predicted molar refractivity (Wildman–Crippen MR) is 58.0 cm³/mol. The van der Waals surface area contributed by atoms with Gasteiger partial charge in [0.25, 0.3) is 0 Å². The molecule has 0 aliphatic carbocycles. The van der Waals surface area contributed by atoms with Crippen LogP contribution >= 0.6 is 38.9 Å². The van der Waals surface area contributed by atoms with Gasteiger partial charge in [0.1, 0.15) is 6.61 Å². The minimum Gasteiger partial charge on any atom is -0.460 e. The summed E-state index contributed by atoms with van der Waals surface area (Å²) in [7, 11) is 0. The number of hydrogen-bond acceptors (Lipinski definition) is 4. The lowest BCUT2D eigenvalue weighted by molar-refractivity contribution is -0.139. The van der Waals surface area contributed by atoms with Gasteiger partial charge in [-0.05, 0) is 40.6 Å². The Morgan fingerprint density at radius 1 is 1.50 bits per heavy atom. The molecule has 0 saturated heterocycles. The molecular formula is C6H10Cl3O4P. The third-order valence-electron chi connectivity index (χ3n) is 0.673. The Hall–Kier alpha value is 0.270. The molecule has 1 N–H and O–H groups in total. The molecule has 0 bridgehead atoms. The van der Waals surface area contributed by atoms with Crippen LogP contribution in [0.5, 0.6) is 0 Å². The summed E-state index contributed by atoms with van der Waals surface area (Å²) in [5, 5.41) is 4.97. The van der Waals surface area contributed by atoms with E-state index in [1.807, 2.05) is 0 Å². The normalized spacial score (nSPS) is 9.79. The van der Waals surface area contributed by atoms with Crippen molar-refractivity contribution in [3.63, 3.8) is 0 Å². The smallest absolute Gasteiger partial charge is 0.339 e. The van der Waals surface area contributed by atoms with Gasteiger partial charge in [-0.25, -0.2) is 4.79 Å². The Morgan fingerprint density at radius 2 is 1.86 bits per heavy atom. The minimum atomic E-state index is -3.22. The number of esters is 1. The van der Waals surface area contributed by atoms with Crippen LogP contribution < -0.4 is 0 Å². The van der Waals surface area contributed by atoms with Crippen molar-refractivity contribution in [2.75, 3.05) is 13.2 Å². The maximum Gasteiger partial charge on any atom is 0.339 e. The lowest BCUT2D eigenvalue weighted by atomic mass is 10.4. The topological polar surface area (TPSA) is 63.6 Å². The lowest BCUT2D eigenvalue weighted by Crippen LogP contribution is -2.08. The number of ether oxygens (including phenoxy) is 1. The fourth-order valence-corrected chi connectivity index (χ4v) is 0.262. The maximum absolute atomic E-state index is 10.5. The third kappa shape index (κ3) is 22.8. The monoisotopic (exact) mass is 282 g/mol. The number of aliphatic hydroxyl groups is 1. The average Bonchev–Trinajstić information content (AvgIpc) is 1.96. The molecule has 0 spiro atoms. The summed E-state index contributed by atoms with van der Waals surface area (Å²) in [5.41, 5.74) is 0.350. The molecule has 4 nitrogen and oxygen atoms in total. The second-order valence-electron chi connectivity index (χ2n) is 2.04. The maximum atomic E-state index is 10.5. The van der Waals surface area contributed by atoms with Crippen molar-refractivity contribution in [1.29, 1.82) is 0 Å². The summed E-state index contributed by atoms with van der Waals surface area (Å²) in [4.78, 5) is 10.5. The average molecular weight is 283 g/mol. The van der Waals surface area contributed by atoms with Crippen molar-refractivity contribution in [3.8, 4) is 0 Å². The van der Waals surface area contributed by atoms with Crippen LogP contribution in [-0.4, -0.2) is 24.3 Å². The van der Waals surface area contributed by atoms with Crippen LogP contribution in [0, 0.1) is 0 Å². The first-order valence-electron chi connectivity index (χ1n) is 3.31. The fourth-order valence-electron chi connectivity index (χ4n) is 0.262. The van der Waals surface area contributed by atoms with Gasteiger partial charge in [0, 0.05) is 5.57 Å². The second kappa shape index (κ2) is 8.57. The standard InChI is InChI=1S/C6H10O3.Cl3OP/c1-5(2)6(8)9-4-3-7;1-5(2,3)4/h7H,1,3-4H2,2H3;. The van der Waals surface area contributed by atoms with Crippen molar-refractivity contribution in [2.45, 2.75) is 6.92 Å². The first-order chi connectivity index (χ1) is 6.18. The van der Waals surface area contributed by atoms with Gasteiger partial charge in [0.2, 0.25) is 0 Å². The molecule has 0 aromatic carbocycles. The van der Waals surface area contributed by atoms with Crippen LogP contribution in [0.3, 0.4) is 0 Å². The molecule has 0 fully saturated rings. The van der Waals surface area contributed by atoms with Crippen molar-refractivity contribution in [3.05, 3.63) is 12.2 Å². The summed E-state index contributed by atoms with van der Waals surface area (Å²) in [6, 6.07) is 0. The molecule has 8 heteroatoms. The van der Waals surface area contributed by atoms with Gasteiger partial charge in [0.15, 0.2) is 0 Å². The van der Waals surface area contributed by atoms with Crippen LogP contribution in [0.1, 0.15) is 6.92 Å². The molecule has 0 radical (unpaired) electrons. The molecule has 0 aromatic heterocycles. The van der Waals surface area contributed by atoms with E-state index in [2.05, 4.69) is 45.0 Å². The third-order valence-corrected chi connectivity index (χ3v) is 0.673. The molecule has 0 aliphatic rings. The zero-order chi connectivity index (χ0) is 11.8. The van der Waals surface area contributed by atoms with Gasteiger partial charge in [-0.3, -0.25) is 4.57 Å². The molecule has 0 aliphatic heterocycles. The molecule has 0 heterocycles. The molecule has 0 saturated carbocycles. The molecule has 0 rings (SSSR count). The molecular weight excluding hydrogens is 273 g/mol. The van der Waals surface area contributed by atoms with Gasteiger partial charge in [0.05, 0.1) is 6.61 Å². The zero-order valence-electron chi connectivity index (χ0n) is 7.37. The number of hydrogen-bond donors (Lipinski definition) is 1. The van der Waals surface area contributed by atoms with E-state index in [1.165, 1.54) is 0 Å². The lowest BCUT2D eigenvalue weighted by Gasteiger charge is -1.99. The number of halogens is 3. The van der Waals surface area contributed by atoms with E-state index in [1.54, 1.807) is 6.92 Å². The van der Waals surface area contributed by atoms with Gasteiger partial charge >= 0.3 is 11.2 Å². The summed E-state index contributed by atoms with van der Waals surface area (Å²) in [5.74, 6) is -0.455. The number of carbonyl (C=O) groups excluding carboxylic acids is 1. The molecule has 0 unspecified atom stereocenters. The van der Waals surface area contributed by atoms with Gasteiger partial charge < -0.3 is 9.84 Å². The van der Waals surface area contributed by atoms with Crippen molar-refractivity contribution >= 4 is 44.9 Å². The molecule has 84 valence electrons. The summed E-state index contributed by atoms with van der Waals surface area (Å²) < 4.78 is 14.0. The Kier molecular flexibility index (Phi) is 10.2. The van der Waals surface area contributed by atoms with Crippen molar-refractivity contribution in [2.24, 2.45) is 0 Å². The first-order valence-corrected chi connectivity index (χ1v) is 7.73. The van der Waals surface area contributed by atoms with Gasteiger partial charge in [-0.15, -0.1) is 0 Å². The number of carbonyl (C=O) groups is 1. The fraction of sp³-hybridized carbons (Fsp3) is 0.500. The van der Waals surface area contributed by atoms with E-state index in [9.17, 15) is 9.36 Å². The van der Waals surface area contributed by atoms with Gasteiger partial charge in [-0.2, -0.15) is 0 Å². The Morgan fingerprint density at radius 3 is 2.07 bits per heavy atom. The van der Waals surface area contributed by atoms with E-state index in [0.717, 1.165) is 0 Å². The van der Waals surface area contributed by atoms with E-state index < -0.39 is 11.2 Å². The zero-order valence-corrected chi connectivity index (χ0v) is 10.5. The van der Waals surface area contributed by atoms with E-state index in [0.29, 0.717) is 5.57 Å². The largest absolute Gasteiger partial charge is 0.460 e. The van der Waals surface area contributed by atoms with Gasteiger partial charge in [-0.1, -0.05) is 6.58 Å². The quantitative estimate of drug-likeness (QED) is 0.491. The van der Waals surface area contributed by atoms with Crippen LogP contribution in [0.2, 0.25) is 0 Å². The highest BCUT2D eigenvalue weighted by Gasteiger charge is 2.03. The first kappa shape index (κ1) is 16.7. The summed E-state index contributed by atoms with van der Waals surface area (Å²) in [6.07, 6.45) is 0. The Labute approximate surface area is 96.5 Å². The number of aliphatic hydroxyl groups excluding tert-OH is 1. The minimum absolute atomic E-state index is 0.0473. The highest BCUT2D eigenvalue weighted by atomic mass is 36.0. The van der Waals surface area contributed by atoms with Crippen molar-refractivity contribution in [1.82, 2.24) is 0 Å². The SMILES string of the molecule is C=C(C)C(=O)OCCO.O=P(Cl)(Cl)Cl. The molecule has 0 aromatic rings. The Bertz CT molecular complexity index is 229. The van der Waals surface area contributed by atoms with Crippen molar-refractivity contribution < 1.29 is 19.2 Å². The van der Waals surface area contributed by atoms with E-state index in [4.69, 9.17) is 5.11 Å². The highest BCUT2D eigenvalue weighted by molar-refractivity contribution is 8.24.